The van der Waals surface area contributed by atoms with E-state index in [0.29, 0.717) is 6.42 Å². The molecule has 0 aromatic carbocycles. The standard InChI is InChI=1S/C6H9ClO4S2/c1-3-6-5(2)4-12-13(6)11-7(8,9)10/h4H,3H2,1-2H3. The van der Waals surface area contributed by atoms with Crippen LogP contribution in [-0.4, -0.2) is 4.86 Å². The number of hydrogen-bond acceptors (Lipinski definition) is 5. The molecular weight excluding hydrogens is 236 g/mol. The molecule has 0 aromatic heterocycles. The van der Waals surface area contributed by atoms with E-state index in [4.69, 9.17) is 0 Å². The molecule has 0 N–H and O–H groups in total. The molecule has 76 valence electrons. The van der Waals surface area contributed by atoms with Crippen LogP contribution in [0.2, 0.25) is 0 Å². The van der Waals surface area contributed by atoms with Gasteiger partial charge in [0.1, 0.15) is 3.74 Å². The summed E-state index contributed by atoms with van der Waals surface area (Å²) in [5.41, 5.74) is 0.995. The Morgan fingerprint density at radius 3 is 2.62 bits per heavy atom. The van der Waals surface area contributed by atoms with E-state index in [0.717, 1.165) is 10.4 Å². The summed E-state index contributed by atoms with van der Waals surface area (Å²) in [4.78, 5) is 0.886. The summed E-state index contributed by atoms with van der Waals surface area (Å²) in [5.74, 6) is 0. The second kappa shape index (κ2) is 4.31. The first-order valence-corrected chi connectivity index (χ1v) is 7.27. The molecule has 1 rings (SSSR count). The fourth-order valence-corrected chi connectivity index (χ4v) is 5.62. The lowest BCUT2D eigenvalue weighted by Crippen LogP contribution is -2.60. The van der Waals surface area contributed by atoms with Crippen LogP contribution in [-0.2, 0) is 3.74 Å². The average molecular weight is 245 g/mol. The van der Waals surface area contributed by atoms with Crippen molar-refractivity contribution < 1.29 is 28.0 Å². The minimum absolute atomic E-state index is 0.698. The van der Waals surface area contributed by atoms with Gasteiger partial charge in [-0.1, -0.05) is 6.92 Å². The van der Waals surface area contributed by atoms with Gasteiger partial charge >= 0.3 is 0 Å². The van der Waals surface area contributed by atoms with Gasteiger partial charge in [-0.25, -0.2) is 0 Å². The number of rotatable bonds is 3. The van der Waals surface area contributed by atoms with Gasteiger partial charge in [0.05, 0.1) is 10.2 Å². The molecule has 0 bridgehead atoms. The Morgan fingerprint density at radius 1 is 1.54 bits per heavy atom. The van der Waals surface area contributed by atoms with Crippen molar-refractivity contribution in [1.29, 1.82) is 0 Å². The van der Waals surface area contributed by atoms with Crippen LogP contribution in [0.3, 0.4) is 0 Å². The maximum atomic E-state index is 10.3. The highest BCUT2D eigenvalue weighted by Crippen LogP contribution is 2.44. The van der Waals surface area contributed by atoms with Crippen molar-refractivity contribution in [2.24, 2.45) is 0 Å². The van der Waals surface area contributed by atoms with Gasteiger partial charge in [0.2, 0.25) is 0 Å². The Balaban J connectivity index is 2.77. The lowest BCUT2D eigenvalue weighted by molar-refractivity contribution is -1.91. The zero-order valence-corrected chi connectivity index (χ0v) is 9.50. The van der Waals surface area contributed by atoms with Gasteiger partial charge in [0, 0.05) is 4.86 Å². The van der Waals surface area contributed by atoms with E-state index in [-0.39, 0.29) is 0 Å². The molecule has 0 saturated carbocycles. The first kappa shape index (κ1) is 11.5. The molecule has 0 saturated heterocycles. The van der Waals surface area contributed by atoms with Gasteiger partial charge in [-0.05, 0) is 35.1 Å². The van der Waals surface area contributed by atoms with E-state index >= 15 is 0 Å². The lowest BCUT2D eigenvalue weighted by Gasteiger charge is -2.12. The molecule has 1 atom stereocenters. The smallest absolute Gasteiger partial charge is 0.175 e. The summed E-state index contributed by atoms with van der Waals surface area (Å²) in [6.07, 6.45) is 0.698. The number of hydrogen-bond donors (Lipinski definition) is 0. The van der Waals surface area contributed by atoms with Gasteiger partial charge in [0.25, 0.3) is 0 Å². The highest BCUT2D eigenvalue weighted by atomic mass is 35.7. The number of halogens is 1. The maximum Gasteiger partial charge on any atom is 0.175 e. The third-order valence-corrected chi connectivity index (χ3v) is 6.00. The second-order valence-corrected chi connectivity index (χ2v) is 6.49. The van der Waals surface area contributed by atoms with Crippen LogP contribution in [0.15, 0.2) is 11.0 Å². The summed E-state index contributed by atoms with van der Waals surface area (Å²) in [6, 6.07) is 0. The van der Waals surface area contributed by atoms with Crippen LogP contribution in [0.1, 0.15) is 20.3 Å². The Hall–Kier alpha value is 0.440. The van der Waals surface area contributed by atoms with Crippen molar-refractivity contribution in [1.82, 2.24) is 0 Å². The van der Waals surface area contributed by atoms with Crippen LogP contribution in [0, 0.1) is 10.2 Å². The first-order chi connectivity index (χ1) is 5.94. The van der Waals surface area contributed by atoms with E-state index in [1.165, 1.54) is 10.8 Å². The summed E-state index contributed by atoms with van der Waals surface area (Å²) >= 11 is 0. The van der Waals surface area contributed by atoms with Gasteiger partial charge in [-0.15, -0.1) is 0 Å². The highest BCUT2D eigenvalue weighted by molar-refractivity contribution is 8.83. The van der Waals surface area contributed by atoms with E-state index in [1.54, 1.807) is 0 Å². The Labute approximate surface area is 84.9 Å². The monoisotopic (exact) mass is 244 g/mol. The Kier molecular flexibility index (Phi) is 3.82. The van der Waals surface area contributed by atoms with Crippen molar-refractivity contribution in [3.8, 4) is 0 Å². The topological polar surface area (TPSA) is 78.4 Å². The summed E-state index contributed by atoms with van der Waals surface area (Å²) in [6.45, 7) is 3.77. The molecule has 1 heterocycles. The van der Waals surface area contributed by atoms with Gasteiger partial charge in [0.15, 0.2) is 9.80 Å². The molecule has 0 aromatic rings. The summed E-state index contributed by atoms with van der Waals surface area (Å²) < 4.78 is 35.3. The highest BCUT2D eigenvalue weighted by Gasteiger charge is 2.28. The molecule has 1 aliphatic rings. The minimum Gasteiger partial charge on any atom is -0.182 e. The third-order valence-electron chi connectivity index (χ3n) is 1.41. The molecule has 1 unspecified atom stereocenters. The SMILES string of the molecule is CCC1=S(O[Cl+3]([O-])([O-])[O-])SC=C1C. The molecule has 1 aliphatic heterocycles. The number of allylic oxidation sites excluding steroid dienone is 1. The van der Waals surface area contributed by atoms with E-state index < -0.39 is 20.0 Å². The fraction of sp³-hybridized carbons (Fsp3) is 0.500. The normalized spacial score (nSPS) is 23.6. The Morgan fingerprint density at radius 2 is 2.15 bits per heavy atom. The minimum atomic E-state index is -4.32. The summed E-state index contributed by atoms with van der Waals surface area (Å²) in [7, 11) is -4.03. The van der Waals surface area contributed by atoms with Crippen LogP contribution in [0.4, 0.5) is 0 Å². The van der Waals surface area contributed by atoms with E-state index in [9.17, 15) is 14.0 Å². The molecule has 0 radical (unpaired) electrons. The van der Waals surface area contributed by atoms with Gasteiger partial charge in [-0.2, -0.15) is 14.0 Å². The molecule has 0 spiro atoms. The molecule has 7 heteroatoms. The van der Waals surface area contributed by atoms with Crippen LogP contribution < -0.4 is 14.0 Å². The zero-order valence-electron chi connectivity index (χ0n) is 7.11. The summed E-state index contributed by atoms with van der Waals surface area (Å²) in [5, 5.41) is 1.81. The van der Waals surface area contributed by atoms with Gasteiger partial charge in [-0.3, -0.25) is 0 Å². The molecule has 4 nitrogen and oxygen atoms in total. The fourth-order valence-electron chi connectivity index (χ4n) is 0.891. The van der Waals surface area contributed by atoms with Crippen molar-refractivity contribution in [3.63, 3.8) is 0 Å². The maximum absolute atomic E-state index is 10.3. The largest absolute Gasteiger partial charge is 0.182 e. The zero-order chi connectivity index (χ0) is 10.1. The average Bonchev–Trinajstić information content (AvgIpc) is 2.28. The molecular formula is C6H9ClO4S2. The third kappa shape index (κ3) is 3.25. The lowest BCUT2D eigenvalue weighted by atomic mass is 10.2. The van der Waals surface area contributed by atoms with Crippen LogP contribution in [0.25, 0.3) is 0 Å². The van der Waals surface area contributed by atoms with Crippen molar-refractivity contribution in [2.45, 2.75) is 20.3 Å². The molecule has 0 aliphatic carbocycles. The van der Waals surface area contributed by atoms with Crippen molar-refractivity contribution in [2.75, 3.05) is 0 Å². The van der Waals surface area contributed by atoms with E-state index in [1.807, 2.05) is 19.3 Å². The van der Waals surface area contributed by atoms with E-state index in [2.05, 4.69) is 3.74 Å². The van der Waals surface area contributed by atoms with Crippen LogP contribution >= 0.6 is 20.6 Å². The Bertz CT molecular complexity index is 268. The predicted molar refractivity (Wildman–Crippen MR) is 45.3 cm³/mol. The second-order valence-electron chi connectivity index (χ2n) is 2.35. The molecule has 0 amide bonds. The van der Waals surface area contributed by atoms with Crippen molar-refractivity contribution in [3.05, 3.63) is 11.0 Å². The quantitative estimate of drug-likeness (QED) is 0.481. The molecule has 13 heavy (non-hydrogen) atoms. The van der Waals surface area contributed by atoms with Crippen molar-refractivity contribution >= 4 is 25.5 Å². The molecule has 0 fully saturated rings. The first-order valence-electron chi connectivity index (χ1n) is 3.49. The predicted octanol–water partition coefficient (Wildman–Crippen LogP) is -0.768. The van der Waals surface area contributed by atoms with Crippen LogP contribution in [0.5, 0.6) is 0 Å². The van der Waals surface area contributed by atoms with Gasteiger partial charge < -0.3 is 0 Å².